The van der Waals surface area contributed by atoms with E-state index in [-0.39, 0.29) is 17.7 Å². The summed E-state index contributed by atoms with van der Waals surface area (Å²) in [5.74, 6) is -0.991. The number of carboxylic acids is 1. The normalized spacial score (nSPS) is 22.5. The summed E-state index contributed by atoms with van der Waals surface area (Å²) < 4.78 is 0. The van der Waals surface area contributed by atoms with Crippen LogP contribution in [0.4, 0.5) is 11.4 Å². The molecule has 2 rings (SSSR count). The van der Waals surface area contributed by atoms with Crippen molar-refractivity contribution in [3.63, 3.8) is 0 Å². The van der Waals surface area contributed by atoms with Gasteiger partial charge in [0.1, 0.15) is 0 Å². The van der Waals surface area contributed by atoms with Gasteiger partial charge in [-0.1, -0.05) is 0 Å². The van der Waals surface area contributed by atoms with Crippen LogP contribution in [0, 0.1) is 0 Å². The van der Waals surface area contributed by atoms with Crippen LogP contribution in [0.3, 0.4) is 0 Å². The molecule has 0 amide bonds. The highest BCUT2D eigenvalue weighted by molar-refractivity contribution is 5.90. The van der Waals surface area contributed by atoms with E-state index in [1.54, 1.807) is 12.1 Å². The predicted octanol–water partition coefficient (Wildman–Crippen LogP) is 0.468. The molecule has 1 aromatic carbocycles. The summed E-state index contributed by atoms with van der Waals surface area (Å²) in [6.45, 7) is 1.34. The number of rotatable bonds is 4. The van der Waals surface area contributed by atoms with E-state index in [4.69, 9.17) is 10.8 Å². The molecule has 1 fully saturated rings. The van der Waals surface area contributed by atoms with Gasteiger partial charge in [-0.05, 0) is 38.7 Å². The second-order valence-corrected chi connectivity index (χ2v) is 5.54. The summed E-state index contributed by atoms with van der Waals surface area (Å²) in [6, 6.07) is 4.91. The minimum atomic E-state index is -0.991. The number of carbonyl (C=O) groups is 1. The molecule has 1 aromatic rings. The number of aromatic carboxylic acids is 1. The van der Waals surface area contributed by atoms with Gasteiger partial charge in [0.15, 0.2) is 0 Å². The van der Waals surface area contributed by atoms with E-state index in [0.29, 0.717) is 18.7 Å². The second-order valence-electron chi connectivity index (χ2n) is 5.54. The zero-order chi connectivity index (χ0) is 14.9. The maximum atomic E-state index is 10.9. The molecule has 0 saturated carbocycles. The summed E-state index contributed by atoms with van der Waals surface area (Å²) in [5, 5.41) is 18.8. The number of nitrogen functional groups attached to an aromatic ring is 1. The average Bonchev–Trinajstić information content (AvgIpc) is 2.68. The van der Waals surface area contributed by atoms with Crippen LogP contribution in [0.1, 0.15) is 16.8 Å². The van der Waals surface area contributed by atoms with Crippen LogP contribution in [0.5, 0.6) is 0 Å². The van der Waals surface area contributed by atoms with Crippen molar-refractivity contribution in [1.82, 2.24) is 4.90 Å². The Hall–Kier alpha value is -1.79. The van der Waals surface area contributed by atoms with Crippen LogP contribution in [-0.2, 0) is 0 Å². The molecule has 0 radical (unpaired) electrons. The number of benzene rings is 1. The zero-order valence-electron chi connectivity index (χ0n) is 11.8. The summed E-state index contributed by atoms with van der Waals surface area (Å²) in [7, 11) is 3.97. The Bertz CT molecular complexity index is 504. The Kier molecular flexibility index (Phi) is 4.15. The van der Waals surface area contributed by atoms with Crippen molar-refractivity contribution >= 4 is 17.3 Å². The number of nitrogens with two attached hydrogens (primary N) is 1. The van der Waals surface area contributed by atoms with Gasteiger partial charge in [-0.25, -0.2) is 4.79 Å². The van der Waals surface area contributed by atoms with E-state index in [1.807, 2.05) is 14.1 Å². The lowest BCUT2D eigenvalue weighted by molar-refractivity contribution is 0.0697. The molecule has 1 aliphatic rings. The minimum Gasteiger partial charge on any atom is -0.478 e. The van der Waals surface area contributed by atoms with Gasteiger partial charge < -0.3 is 25.7 Å². The minimum absolute atomic E-state index is 0.176. The fraction of sp³-hybridized carbons (Fsp3) is 0.500. The number of likely N-dealkylation sites (N-methyl/N-ethyl adjacent to an activating group) is 1. The number of carboxylic acid groups (broad SMARTS) is 1. The van der Waals surface area contributed by atoms with Crippen molar-refractivity contribution in [3.8, 4) is 0 Å². The Labute approximate surface area is 118 Å². The molecule has 4 N–H and O–H groups in total. The number of aliphatic hydroxyl groups is 1. The summed E-state index contributed by atoms with van der Waals surface area (Å²) in [4.78, 5) is 15.1. The molecule has 6 nitrogen and oxygen atoms in total. The van der Waals surface area contributed by atoms with Crippen LogP contribution in [0.15, 0.2) is 18.2 Å². The van der Waals surface area contributed by atoms with Crippen LogP contribution < -0.4 is 10.6 Å². The van der Waals surface area contributed by atoms with Crippen LogP contribution >= 0.6 is 0 Å². The first-order valence-electron chi connectivity index (χ1n) is 6.60. The predicted molar refractivity (Wildman–Crippen MR) is 78.1 cm³/mol. The van der Waals surface area contributed by atoms with Crippen molar-refractivity contribution in [2.75, 3.05) is 37.8 Å². The maximum absolute atomic E-state index is 10.9. The van der Waals surface area contributed by atoms with Crippen LogP contribution in [-0.4, -0.2) is 60.4 Å². The molecule has 0 aromatic heterocycles. The molecular weight excluding hydrogens is 258 g/mol. The molecule has 0 spiro atoms. The number of anilines is 2. The summed E-state index contributed by atoms with van der Waals surface area (Å²) in [6.07, 6.45) is 0.316. The lowest BCUT2D eigenvalue weighted by Crippen LogP contribution is -2.38. The van der Waals surface area contributed by atoms with E-state index in [0.717, 1.165) is 12.2 Å². The van der Waals surface area contributed by atoms with Crippen molar-refractivity contribution in [1.29, 1.82) is 0 Å². The molecule has 1 saturated heterocycles. The largest absolute Gasteiger partial charge is 0.478 e. The Morgan fingerprint density at radius 1 is 1.50 bits per heavy atom. The van der Waals surface area contributed by atoms with Crippen molar-refractivity contribution in [3.05, 3.63) is 23.8 Å². The molecule has 20 heavy (non-hydrogen) atoms. The third-order valence-corrected chi connectivity index (χ3v) is 3.55. The van der Waals surface area contributed by atoms with Gasteiger partial charge in [-0.3, -0.25) is 0 Å². The molecule has 1 aliphatic heterocycles. The first kappa shape index (κ1) is 14.6. The topological polar surface area (TPSA) is 90.0 Å². The molecule has 0 bridgehead atoms. The average molecular weight is 279 g/mol. The van der Waals surface area contributed by atoms with E-state index in [1.165, 1.54) is 6.07 Å². The maximum Gasteiger partial charge on any atom is 0.335 e. The second kappa shape index (κ2) is 5.68. The van der Waals surface area contributed by atoms with Crippen molar-refractivity contribution in [2.24, 2.45) is 0 Å². The highest BCUT2D eigenvalue weighted by atomic mass is 16.4. The van der Waals surface area contributed by atoms with Gasteiger partial charge in [-0.2, -0.15) is 0 Å². The Balaban J connectivity index is 2.27. The van der Waals surface area contributed by atoms with E-state index in [2.05, 4.69) is 9.80 Å². The number of aliphatic hydroxyl groups excluding tert-OH is 1. The SMILES string of the molecule is CN(C)CC1CC(O)CN1c1ccc(C(=O)O)cc1N. The van der Waals surface area contributed by atoms with Crippen LogP contribution in [0.25, 0.3) is 0 Å². The van der Waals surface area contributed by atoms with Gasteiger partial charge in [-0.15, -0.1) is 0 Å². The smallest absolute Gasteiger partial charge is 0.335 e. The van der Waals surface area contributed by atoms with E-state index in [9.17, 15) is 9.90 Å². The molecule has 0 aliphatic carbocycles. The van der Waals surface area contributed by atoms with Gasteiger partial charge in [0.05, 0.1) is 23.0 Å². The quantitative estimate of drug-likeness (QED) is 0.694. The number of β-amino-alcohol motifs (C(OH)–C–C–N with tert-alkyl or cyclic N) is 1. The Morgan fingerprint density at radius 3 is 2.75 bits per heavy atom. The van der Waals surface area contributed by atoms with E-state index >= 15 is 0 Å². The Morgan fingerprint density at radius 2 is 2.20 bits per heavy atom. The van der Waals surface area contributed by atoms with Crippen molar-refractivity contribution in [2.45, 2.75) is 18.6 Å². The monoisotopic (exact) mass is 279 g/mol. The van der Waals surface area contributed by atoms with Crippen LogP contribution in [0.2, 0.25) is 0 Å². The third-order valence-electron chi connectivity index (χ3n) is 3.55. The highest BCUT2D eigenvalue weighted by Crippen LogP contribution is 2.31. The first-order chi connectivity index (χ1) is 9.38. The number of hydrogen-bond acceptors (Lipinski definition) is 5. The van der Waals surface area contributed by atoms with Gasteiger partial charge >= 0.3 is 5.97 Å². The van der Waals surface area contributed by atoms with Gasteiger partial charge in [0.2, 0.25) is 0 Å². The lowest BCUT2D eigenvalue weighted by atomic mass is 10.1. The van der Waals surface area contributed by atoms with Gasteiger partial charge in [0.25, 0.3) is 0 Å². The molecular formula is C14H21N3O3. The molecule has 1 heterocycles. The first-order valence-corrected chi connectivity index (χ1v) is 6.60. The number of nitrogens with zero attached hydrogens (tertiary/aromatic N) is 2. The summed E-state index contributed by atoms with van der Waals surface area (Å²) in [5.41, 5.74) is 7.38. The van der Waals surface area contributed by atoms with Gasteiger partial charge in [0, 0.05) is 19.1 Å². The van der Waals surface area contributed by atoms with E-state index < -0.39 is 5.97 Å². The molecule has 6 heteroatoms. The standard InChI is InChI=1S/C14H21N3O3/c1-16(2)7-10-6-11(18)8-17(10)13-4-3-9(14(19)20)5-12(13)15/h3-5,10-11,18H,6-8,15H2,1-2H3,(H,19,20). The van der Waals surface area contributed by atoms with Crippen molar-refractivity contribution < 1.29 is 15.0 Å². The zero-order valence-corrected chi connectivity index (χ0v) is 11.8. The fourth-order valence-corrected chi connectivity index (χ4v) is 2.73. The number of hydrogen-bond donors (Lipinski definition) is 3. The third kappa shape index (κ3) is 3.02. The molecule has 2 atom stereocenters. The molecule has 2 unspecified atom stereocenters. The highest BCUT2D eigenvalue weighted by Gasteiger charge is 2.32. The lowest BCUT2D eigenvalue weighted by Gasteiger charge is -2.29. The summed E-state index contributed by atoms with van der Waals surface area (Å²) >= 11 is 0. The fourth-order valence-electron chi connectivity index (χ4n) is 2.73. The molecule has 110 valence electrons.